The van der Waals surface area contributed by atoms with E-state index in [0.717, 1.165) is 41.5 Å². The molecule has 0 aromatic heterocycles. The molecule has 1 N–H and O–H groups in total. The van der Waals surface area contributed by atoms with Crippen LogP contribution in [0.4, 0.5) is 0 Å². The first-order chi connectivity index (χ1) is 16.9. The zero-order valence-electron chi connectivity index (χ0n) is 20.1. The molecule has 1 fully saturated rings. The molecule has 0 unspecified atom stereocenters. The van der Waals surface area contributed by atoms with Gasteiger partial charge in [0.2, 0.25) is 10.0 Å². The number of piperidine rings is 1. The van der Waals surface area contributed by atoms with Gasteiger partial charge in [-0.3, -0.25) is 4.79 Å². The minimum Gasteiger partial charge on any atom is -0.372 e. The van der Waals surface area contributed by atoms with Crippen molar-refractivity contribution in [3.05, 3.63) is 101 Å². The van der Waals surface area contributed by atoms with Gasteiger partial charge >= 0.3 is 0 Å². The fraction of sp³-hybridized carbons (Fsp3) is 0.321. The Kier molecular flexibility index (Phi) is 8.33. The highest BCUT2D eigenvalue weighted by Crippen LogP contribution is 2.23. The van der Waals surface area contributed by atoms with Crippen LogP contribution in [0, 0.1) is 6.92 Å². The number of nitrogens with one attached hydrogen (secondary N) is 1. The summed E-state index contributed by atoms with van der Waals surface area (Å²) in [6.45, 7) is 4.15. The maximum atomic E-state index is 13.1. The molecule has 1 aliphatic rings. The molecule has 3 aromatic carbocycles. The van der Waals surface area contributed by atoms with E-state index in [0.29, 0.717) is 38.4 Å². The van der Waals surface area contributed by atoms with Crippen LogP contribution in [-0.2, 0) is 34.5 Å². The lowest BCUT2D eigenvalue weighted by molar-refractivity contribution is 0.0947. The number of rotatable bonds is 9. The molecular formula is C28H32N2O4S. The molecule has 0 radical (unpaired) electrons. The van der Waals surface area contributed by atoms with Crippen LogP contribution in [0.1, 0.15) is 51.9 Å². The first kappa shape index (κ1) is 25.1. The fourth-order valence-electron chi connectivity index (χ4n) is 4.26. The number of hydrogen-bond acceptors (Lipinski definition) is 4. The third-order valence-corrected chi connectivity index (χ3v) is 8.23. The molecule has 6 nitrogen and oxygen atoms in total. The van der Waals surface area contributed by atoms with Crippen molar-refractivity contribution in [1.29, 1.82) is 0 Å². The van der Waals surface area contributed by atoms with Crippen molar-refractivity contribution in [1.82, 2.24) is 9.62 Å². The van der Waals surface area contributed by atoms with E-state index in [-0.39, 0.29) is 10.8 Å². The van der Waals surface area contributed by atoms with Crippen LogP contribution in [0.5, 0.6) is 0 Å². The van der Waals surface area contributed by atoms with E-state index in [1.807, 2.05) is 61.5 Å². The van der Waals surface area contributed by atoms with Crippen LogP contribution in [0.2, 0.25) is 0 Å². The number of hydrogen-bond donors (Lipinski definition) is 1. The Balaban J connectivity index is 1.42. The van der Waals surface area contributed by atoms with Crippen molar-refractivity contribution in [3.8, 4) is 0 Å². The smallest absolute Gasteiger partial charge is 0.251 e. The van der Waals surface area contributed by atoms with Crippen molar-refractivity contribution >= 4 is 15.9 Å². The average molecular weight is 493 g/mol. The minimum atomic E-state index is -3.61. The van der Waals surface area contributed by atoms with Gasteiger partial charge < -0.3 is 10.1 Å². The highest BCUT2D eigenvalue weighted by Gasteiger charge is 2.27. The number of carbonyl (C=O) groups excluding carboxylic acids is 1. The summed E-state index contributed by atoms with van der Waals surface area (Å²) in [6.07, 6.45) is 2.78. The Morgan fingerprint density at radius 1 is 0.886 bits per heavy atom. The summed E-state index contributed by atoms with van der Waals surface area (Å²) < 4.78 is 33.6. The Labute approximate surface area is 208 Å². The number of nitrogens with zero attached hydrogens (tertiary/aromatic N) is 1. The van der Waals surface area contributed by atoms with Crippen LogP contribution in [-0.4, -0.2) is 31.7 Å². The average Bonchev–Trinajstić information content (AvgIpc) is 2.89. The van der Waals surface area contributed by atoms with Crippen molar-refractivity contribution < 1.29 is 17.9 Å². The Hall–Kier alpha value is -3.00. The van der Waals surface area contributed by atoms with Crippen molar-refractivity contribution in [2.75, 3.05) is 13.1 Å². The summed E-state index contributed by atoms with van der Waals surface area (Å²) in [5.74, 6) is -0.293. The lowest BCUT2D eigenvalue weighted by atomic mass is 10.1. The topological polar surface area (TPSA) is 75.7 Å². The van der Waals surface area contributed by atoms with Gasteiger partial charge in [-0.1, -0.05) is 67.1 Å². The highest BCUT2D eigenvalue weighted by molar-refractivity contribution is 7.89. The third-order valence-electron chi connectivity index (χ3n) is 6.33. The van der Waals surface area contributed by atoms with E-state index in [4.69, 9.17) is 4.74 Å². The minimum absolute atomic E-state index is 0.171. The largest absolute Gasteiger partial charge is 0.372 e. The molecule has 184 valence electrons. The van der Waals surface area contributed by atoms with Gasteiger partial charge in [-0.2, -0.15) is 4.31 Å². The van der Waals surface area contributed by atoms with Gasteiger partial charge in [0.05, 0.1) is 18.1 Å². The maximum absolute atomic E-state index is 13.1. The lowest BCUT2D eigenvalue weighted by Crippen LogP contribution is -2.35. The Bertz CT molecular complexity index is 1250. The number of amides is 1. The molecule has 7 heteroatoms. The van der Waals surface area contributed by atoms with Gasteiger partial charge in [0.1, 0.15) is 0 Å². The summed E-state index contributed by atoms with van der Waals surface area (Å²) in [4.78, 5) is 13.2. The second kappa shape index (κ2) is 11.6. The quantitative estimate of drug-likeness (QED) is 0.465. The standard InChI is InChI=1S/C28H32N2O4S/c1-22-14-15-26(35(32,33)30-16-8-3-9-17-30)18-27(22)28(31)29-19-24-12-6-7-13-25(24)21-34-20-23-10-4-2-5-11-23/h2,4-7,10-15,18H,3,8-9,16-17,19-21H2,1H3,(H,29,31). The van der Waals surface area contributed by atoms with E-state index in [1.165, 1.54) is 10.4 Å². The molecular weight excluding hydrogens is 460 g/mol. The SMILES string of the molecule is Cc1ccc(S(=O)(=O)N2CCCCC2)cc1C(=O)NCc1ccccc1COCc1ccccc1. The number of carbonyl (C=O) groups is 1. The van der Waals surface area contributed by atoms with Gasteiger partial charge in [-0.05, 0) is 54.2 Å². The zero-order valence-corrected chi connectivity index (χ0v) is 20.9. The second-order valence-corrected chi connectivity index (χ2v) is 10.8. The predicted molar refractivity (Wildman–Crippen MR) is 136 cm³/mol. The number of ether oxygens (including phenoxy) is 1. The maximum Gasteiger partial charge on any atom is 0.251 e. The van der Waals surface area contributed by atoms with Crippen LogP contribution >= 0.6 is 0 Å². The number of benzene rings is 3. The predicted octanol–water partition coefficient (Wildman–Crippen LogP) is 4.82. The molecule has 0 saturated carbocycles. The molecule has 0 spiro atoms. The molecule has 0 atom stereocenters. The van der Waals surface area contributed by atoms with Gasteiger partial charge in [0.15, 0.2) is 0 Å². The molecule has 1 aliphatic heterocycles. The lowest BCUT2D eigenvalue weighted by Gasteiger charge is -2.26. The van der Waals surface area contributed by atoms with Crippen molar-refractivity contribution in [2.24, 2.45) is 0 Å². The Morgan fingerprint density at radius 2 is 1.57 bits per heavy atom. The monoisotopic (exact) mass is 492 g/mol. The zero-order chi connectivity index (χ0) is 24.7. The Morgan fingerprint density at radius 3 is 2.31 bits per heavy atom. The molecule has 0 bridgehead atoms. The third kappa shape index (κ3) is 6.36. The van der Waals surface area contributed by atoms with E-state index in [9.17, 15) is 13.2 Å². The molecule has 35 heavy (non-hydrogen) atoms. The summed E-state index contributed by atoms with van der Waals surface area (Å²) in [5, 5.41) is 2.96. The van der Waals surface area contributed by atoms with Crippen molar-refractivity contribution in [3.63, 3.8) is 0 Å². The van der Waals surface area contributed by atoms with Crippen molar-refractivity contribution in [2.45, 2.75) is 50.8 Å². The van der Waals surface area contributed by atoms with E-state index in [2.05, 4.69) is 5.32 Å². The van der Waals surface area contributed by atoms with E-state index in [1.54, 1.807) is 12.1 Å². The van der Waals surface area contributed by atoms with Crippen LogP contribution in [0.3, 0.4) is 0 Å². The molecule has 4 rings (SSSR count). The van der Waals surface area contributed by atoms with E-state index >= 15 is 0 Å². The summed E-state index contributed by atoms with van der Waals surface area (Å²) >= 11 is 0. The molecule has 0 aliphatic carbocycles. The van der Waals surface area contributed by atoms with Crippen LogP contribution < -0.4 is 5.32 Å². The normalized spacial score (nSPS) is 14.5. The molecule has 3 aromatic rings. The number of aryl methyl sites for hydroxylation is 1. The van der Waals surface area contributed by atoms with E-state index < -0.39 is 10.0 Å². The summed E-state index contributed by atoms with van der Waals surface area (Å²) in [6, 6.07) is 22.6. The first-order valence-electron chi connectivity index (χ1n) is 12.0. The summed E-state index contributed by atoms with van der Waals surface area (Å²) in [7, 11) is -3.61. The number of sulfonamides is 1. The van der Waals surface area contributed by atoms with Crippen LogP contribution in [0.25, 0.3) is 0 Å². The van der Waals surface area contributed by atoms with Gasteiger partial charge in [0, 0.05) is 25.2 Å². The van der Waals surface area contributed by atoms with Gasteiger partial charge in [-0.25, -0.2) is 8.42 Å². The highest BCUT2D eigenvalue weighted by atomic mass is 32.2. The molecule has 1 heterocycles. The summed E-state index contributed by atoms with van der Waals surface area (Å²) in [5.41, 5.74) is 4.18. The van der Waals surface area contributed by atoms with Gasteiger partial charge in [-0.15, -0.1) is 0 Å². The molecule has 1 saturated heterocycles. The van der Waals surface area contributed by atoms with Gasteiger partial charge in [0.25, 0.3) is 5.91 Å². The fourth-order valence-corrected chi connectivity index (χ4v) is 5.80. The molecule has 1 amide bonds. The first-order valence-corrected chi connectivity index (χ1v) is 13.5. The second-order valence-electron chi connectivity index (χ2n) is 8.87. The van der Waals surface area contributed by atoms with Crippen LogP contribution in [0.15, 0.2) is 77.7 Å².